The minimum Gasteiger partial charge on any atom is -0.398 e. The van der Waals surface area contributed by atoms with Crippen LogP contribution in [0.2, 0.25) is 0 Å². The predicted octanol–water partition coefficient (Wildman–Crippen LogP) is 4.59. The minimum atomic E-state index is -0.252. The van der Waals surface area contributed by atoms with Gasteiger partial charge in [0.05, 0.1) is 5.69 Å². The molecule has 0 aliphatic heterocycles. The molecule has 0 unspecified atom stereocenters. The summed E-state index contributed by atoms with van der Waals surface area (Å²) in [6.07, 6.45) is 0. The highest BCUT2D eigenvalue weighted by Gasteiger charge is 2.14. The molecule has 3 aromatic rings. The molecule has 0 aliphatic carbocycles. The molecular formula is C22H22N4O. The summed E-state index contributed by atoms with van der Waals surface area (Å²) in [6.45, 7) is 5.55. The van der Waals surface area contributed by atoms with E-state index in [-0.39, 0.29) is 5.91 Å². The second-order valence-electron chi connectivity index (χ2n) is 6.61. The number of aryl methyl sites for hydroxylation is 2. The normalized spacial score (nSPS) is 10.5. The first kappa shape index (κ1) is 18.3. The fourth-order valence-corrected chi connectivity index (χ4v) is 2.81. The summed E-state index contributed by atoms with van der Waals surface area (Å²) >= 11 is 0. The van der Waals surface area contributed by atoms with E-state index < -0.39 is 0 Å². The van der Waals surface area contributed by atoms with E-state index in [1.165, 1.54) is 0 Å². The van der Waals surface area contributed by atoms with E-state index in [4.69, 9.17) is 11.1 Å². The van der Waals surface area contributed by atoms with Gasteiger partial charge in [-0.1, -0.05) is 35.9 Å². The Labute approximate surface area is 158 Å². The number of pyridine rings is 1. The molecule has 27 heavy (non-hydrogen) atoms. The van der Waals surface area contributed by atoms with Crippen molar-refractivity contribution >= 4 is 23.0 Å². The third-order valence-corrected chi connectivity index (χ3v) is 4.37. The molecule has 2 aromatic carbocycles. The molecule has 1 aromatic heterocycles. The van der Waals surface area contributed by atoms with Crippen molar-refractivity contribution in [3.05, 3.63) is 77.0 Å². The lowest BCUT2D eigenvalue weighted by molar-refractivity contribution is 0.102. The summed E-state index contributed by atoms with van der Waals surface area (Å²) in [5, 5.41) is 10.6. The second-order valence-corrected chi connectivity index (χ2v) is 6.61. The Morgan fingerprint density at radius 1 is 1.04 bits per heavy atom. The Kier molecular flexibility index (Phi) is 5.03. The van der Waals surface area contributed by atoms with Crippen LogP contribution < -0.4 is 11.1 Å². The van der Waals surface area contributed by atoms with Crippen molar-refractivity contribution in [2.75, 3.05) is 11.1 Å². The van der Waals surface area contributed by atoms with Gasteiger partial charge >= 0.3 is 0 Å². The van der Waals surface area contributed by atoms with Crippen LogP contribution in [0.4, 0.5) is 11.4 Å². The van der Waals surface area contributed by atoms with Gasteiger partial charge in [0.2, 0.25) is 0 Å². The summed E-state index contributed by atoms with van der Waals surface area (Å²) in [5.74, 6) is -0.252. The monoisotopic (exact) mass is 358 g/mol. The zero-order chi connectivity index (χ0) is 19.6. The molecule has 0 fully saturated rings. The summed E-state index contributed by atoms with van der Waals surface area (Å²) in [6, 6.07) is 16.8. The number of benzene rings is 2. The quantitative estimate of drug-likeness (QED) is 0.470. The number of nitrogens with two attached hydrogens (primary N) is 1. The number of amides is 1. The lowest BCUT2D eigenvalue weighted by atomic mass is 10.0. The van der Waals surface area contributed by atoms with E-state index in [2.05, 4.69) is 10.3 Å². The molecule has 5 heteroatoms. The van der Waals surface area contributed by atoms with E-state index in [0.717, 1.165) is 22.4 Å². The number of carbonyl (C=O) groups excluding carboxylic acids is 1. The van der Waals surface area contributed by atoms with Gasteiger partial charge in [-0.25, -0.2) is 4.98 Å². The number of aromatic nitrogens is 1. The van der Waals surface area contributed by atoms with Gasteiger partial charge in [-0.15, -0.1) is 0 Å². The van der Waals surface area contributed by atoms with Crippen LogP contribution >= 0.6 is 0 Å². The van der Waals surface area contributed by atoms with E-state index >= 15 is 0 Å². The fourth-order valence-electron chi connectivity index (χ4n) is 2.81. The summed E-state index contributed by atoms with van der Waals surface area (Å²) in [5.41, 5.74) is 12.2. The van der Waals surface area contributed by atoms with E-state index in [0.29, 0.717) is 28.4 Å². The van der Waals surface area contributed by atoms with Crippen LogP contribution in [-0.4, -0.2) is 16.6 Å². The number of nitrogen functional groups attached to an aromatic ring is 1. The molecule has 3 rings (SSSR count). The van der Waals surface area contributed by atoms with Crippen molar-refractivity contribution in [2.24, 2.45) is 0 Å². The van der Waals surface area contributed by atoms with Crippen molar-refractivity contribution < 1.29 is 4.79 Å². The van der Waals surface area contributed by atoms with E-state index in [1.807, 2.05) is 56.3 Å². The molecule has 0 aliphatic rings. The largest absolute Gasteiger partial charge is 0.398 e. The van der Waals surface area contributed by atoms with Gasteiger partial charge < -0.3 is 16.5 Å². The Hall–Kier alpha value is -3.47. The summed E-state index contributed by atoms with van der Waals surface area (Å²) in [7, 11) is 0. The third-order valence-electron chi connectivity index (χ3n) is 4.37. The average Bonchev–Trinajstić information content (AvgIpc) is 2.63. The molecule has 0 bridgehead atoms. The molecule has 0 spiro atoms. The summed E-state index contributed by atoms with van der Waals surface area (Å²) < 4.78 is 0. The van der Waals surface area contributed by atoms with E-state index in [1.54, 1.807) is 19.1 Å². The molecule has 0 atom stereocenters. The fraction of sp³-hybridized carbons (Fsp3) is 0.136. The zero-order valence-electron chi connectivity index (χ0n) is 15.6. The van der Waals surface area contributed by atoms with Gasteiger partial charge in [-0.3, -0.25) is 4.79 Å². The minimum absolute atomic E-state index is 0.252. The van der Waals surface area contributed by atoms with Gasteiger partial charge in [0.15, 0.2) is 0 Å². The maximum atomic E-state index is 12.7. The van der Waals surface area contributed by atoms with Crippen LogP contribution in [0, 0.1) is 19.3 Å². The number of nitrogens with one attached hydrogen (secondary N) is 2. The highest BCUT2D eigenvalue weighted by Crippen LogP contribution is 2.24. The number of nitrogens with zero attached hydrogens (tertiary/aromatic N) is 1. The number of rotatable bonds is 4. The van der Waals surface area contributed by atoms with Crippen LogP contribution in [0.25, 0.3) is 11.3 Å². The van der Waals surface area contributed by atoms with Crippen molar-refractivity contribution in [3.8, 4) is 11.3 Å². The Balaban J connectivity index is 1.92. The molecule has 4 N–H and O–H groups in total. The second kappa shape index (κ2) is 7.41. The van der Waals surface area contributed by atoms with Gasteiger partial charge in [0.1, 0.15) is 5.69 Å². The predicted molar refractivity (Wildman–Crippen MR) is 110 cm³/mol. The maximum Gasteiger partial charge on any atom is 0.274 e. The van der Waals surface area contributed by atoms with E-state index in [9.17, 15) is 4.79 Å². The average molecular weight is 358 g/mol. The van der Waals surface area contributed by atoms with Crippen LogP contribution in [0.3, 0.4) is 0 Å². The Morgan fingerprint density at radius 3 is 2.37 bits per heavy atom. The van der Waals surface area contributed by atoms with Crippen LogP contribution in [0.1, 0.15) is 34.1 Å². The lowest BCUT2D eigenvalue weighted by Crippen LogP contribution is -2.15. The molecule has 0 saturated carbocycles. The number of anilines is 2. The van der Waals surface area contributed by atoms with Crippen LogP contribution in [0.5, 0.6) is 0 Å². The van der Waals surface area contributed by atoms with Crippen LogP contribution in [0.15, 0.2) is 54.6 Å². The standard InChI is InChI=1S/C22H22N4O/c1-13-4-8-17(9-5-13)25-22(27)21-14(2)6-11-20(26-21)16-7-10-18(15(3)23)19(24)12-16/h4-12,23H,24H2,1-3H3,(H,25,27). The first-order chi connectivity index (χ1) is 12.8. The van der Waals surface area contributed by atoms with Gasteiger partial charge in [0, 0.05) is 28.2 Å². The Bertz CT molecular complexity index is 1020. The molecule has 5 nitrogen and oxygen atoms in total. The first-order valence-corrected chi connectivity index (χ1v) is 8.66. The molecule has 1 heterocycles. The SMILES string of the molecule is CC(=N)c1ccc(-c2ccc(C)c(C(=O)Nc3ccc(C)cc3)n2)cc1N. The number of hydrogen-bond acceptors (Lipinski definition) is 4. The van der Waals surface area contributed by atoms with Gasteiger partial charge in [-0.2, -0.15) is 0 Å². The third kappa shape index (κ3) is 4.03. The van der Waals surface area contributed by atoms with Crippen molar-refractivity contribution in [3.63, 3.8) is 0 Å². The highest BCUT2D eigenvalue weighted by molar-refractivity contribution is 6.04. The number of carbonyl (C=O) groups is 1. The molecule has 1 amide bonds. The van der Waals surface area contributed by atoms with Gasteiger partial charge in [-0.05, 0) is 50.6 Å². The smallest absolute Gasteiger partial charge is 0.274 e. The van der Waals surface area contributed by atoms with Gasteiger partial charge in [0.25, 0.3) is 5.91 Å². The lowest BCUT2D eigenvalue weighted by Gasteiger charge is -2.11. The molecular weight excluding hydrogens is 336 g/mol. The van der Waals surface area contributed by atoms with Crippen molar-refractivity contribution in [1.82, 2.24) is 4.98 Å². The van der Waals surface area contributed by atoms with Crippen molar-refractivity contribution in [2.45, 2.75) is 20.8 Å². The Morgan fingerprint density at radius 2 is 1.74 bits per heavy atom. The maximum absolute atomic E-state index is 12.7. The van der Waals surface area contributed by atoms with Crippen LogP contribution in [-0.2, 0) is 0 Å². The summed E-state index contributed by atoms with van der Waals surface area (Å²) in [4.78, 5) is 17.2. The molecule has 0 radical (unpaired) electrons. The topological polar surface area (TPSA) is 91.9 Å². The zero-order valence-corrected chi connectivity index (χ0v) is 15.6. The highest BCUT2D eigenvalue weighted by atomic mass is 16.1. The van der Waals surface area contributed by atoms with Crippen molar-refractivity contribution in [1.29, 1.82) is 5.41 Å². The number of hydrogen-bond donors (Lipinski definition) is 3. The first-order valence-electron chi connectivity index (χ1n) is 8.66. The molecule has 136 valence electrons. The molecule has 0 saturated heterocycles.